The summed E-state index contributed by atoms with van der Waals surface area (Å²) >= 11 is 7.52. The predicted molar refractivity (Wildman–Crippen MR) is 141 cm³/mol. The zero-order valence-corrected chi connectivity index (χ0v) is 22.0. The third-order valence-corrected chi connectivity index (χ3v) is 6.88. The number of thioether (sulfide) groups is 1. The third kappa shape index (κ3) is 5.34. The molecule has 0 aliphatic heterocycles. The lowest BCUT2D eigenvalue weighted by Crippen LogP contribution is -2.28. The quantitative estimate of drug-likeness (QED) is 0.224. The molecule has 36 heavy (non-hydrogen) atoms. The number of nitrogens with one attached hydrogen (secondary N) is 3. The molecule has 2 heterocycles. The van der Waals surface area contributed by atoms with Crippen LogP contribution in [0.15, 0.2) is 41.6 Å². The molecule has 1 amide bonds. The van der Waals surface area contributed by atoms with Gasteiger partial charge in [-0.1, -0.05) is 35.5 Å². The molecule has 2 aromatic carbocycles. The summed E-state index contributed by atoms with van der Waals surface area (Å²) in [6.07, 6.45) is 0.645. The number of carbonyl (C=O) groups is 1. The van der Waals surface area contributed by atoms with Crippen molar-refractivity contribution >= 4 is 40.3 Å². The number of hydrogen-bond acceptors (Lipinski definition) is 7. The summed E-state index contributed by atoms with van der Waals surface area (Å²) in [5, 5.41) is 20.6. The van der Waals surface area contributed by atoms with Crippen LogP contribution in [0.1, 0.15) is 16.8 Å². The van der Waals surface area contributed by atoms with Gasteiger partial charge < -0.3 is 14.8 Å². The Bertz CT molecular complexity index is 1480. The van der Waals surface area contributed by atoms with Gasteiger partial charge in [0, 0.05) is 17.3 Å². The van der Waals surface area contributed by atoms with E-state index < -0.39 is 0 Å². The zero-order chi connectivity index (χ0) is 25.8. The molecule has 0 aliphatic carbocycles. The summed E-state index contributed by atoms with van der Waals surface area (Å²) in [6, 6.07) is 11.2. The molecule has 188 valence electrons. The van der Waals surface area contributed by atoms with Gasteiger partial charge >= 0.3 is 0 Å². The Kier molecular flexibility index (Phi) is 7.85. The number of aryl methyl sites for hydroxylation is 2. The van der Waals surface area contributed by atoms with Crippen molar-refractivity contribution in [1.29, 1.82) is 5.41 Å². The number of hydrogen-bond donors (Lipinski definition) is 3. The molecule has 0 fully saturated rings. The monoisotopic (exact) mass is 526 g/mol. The largest absolute Gasteiger partial charge is 0.493 e. The van der Waals surface area contributed by atoms with Crippen LogP contribution in [0.5, 0.6) is 11.5 Å². The maximum Gasteiger partial charge on any atom is 0.230 e. The molecular weight excluding hydrogens is 500 g/mol. The van der Waals surface area contributed by atoms with E-state index >= 15 is 0 Å². The predicted octanol–water partition coefficient (Wildman–Crippen LogP) is 3.97. The van der Waals surface area contributed by atoms with Gasteiger partial charge in [0.05, 0.1) is 31.0 Å². The summed E-state index contributed by atoms with van der Waals surface area (Å²) in [4.78, 5) is 17.3. The van der Waals surface area contributed by atoms with Crippen LogP contribution < -0.4 is 20.3 Å². The average molecular weight is 527 g/mol. The fourth-order valence-electron chi connectivity index (χ4n) is 3.84. The Labute approximate surface area is 217 Å². The summed E-state index contributed by atoms with van der Waals surface area (Å²) < 4.78 is 12.3. The number of ether oxygens (including phenoxy) is 2. The van der Waals surface area contributed by atoms with E-state index in [-0.39, 0.29) is 17.1 Å². The molecule has 3 N–H and O–H groups in total. The van der Waals surface area contributed by atoms with Gasteiger partial charge in [-0.25, -0.2) is 4.98 Å². The fourth-order valence-corrected chi connectivity index (χ4v) is 4.83. The molecule has 2 aromatic heterocycles. The lowest BCUT2D eigenvalue weighted by molar-refractivity contribution is -0.118. The van der Waals surface area contributed by atoms with E-state index in [2.05, 4.69) is 20.5 Å². The van der Waals surface area contributed by atoms with Gasteiger partial charge in [-0.05, 0) is 55.7 Å². The second-order valence-electron chi connectivity index (χ2n) is 8.13. The molecular formula is C25H27ClN6O3S. The summed E-state index contributed by atoms with van der Waals surface area (Å²) in [5.41, 5.74) is 4.10. The number of aromatic nitrogens is 4. The van der Waals surface area contributed by atoms with E-state index in [1.54, 1.807) is 30.9 Å². The fraction of sp³-hybridized carbons (Fsp3) is 0.280. The molecule has 4 aromatic rings. The van der Waals surface area contributed by atoms with Crippen molar-refractivity contribution in [2.24, 2.45) is 0 Å². The molecule has 0 radical (unpaired) electrons. The SMILES string of the molecule is COc1ccc(CCNC(=O)CSc2nc3n[nH]c(C)c3c(=N)n2-c2cc(Cl)ccc2C)cc1OC. The Hall–Kier alpha value is -3.50. The van der Waals surface area contributed by atoms with Crippen molar-refractivity contribution in [1.82, 2.24) is 25.1 Å². The van der Waals surface area contributed by atoms with Gasteiger partial charge in [-0.3, -0.25) is 19.9 Å². The molecule has 0 bridgehead atoms. The van der Waals surface area contributed by atoms with Crippen LogP contribution in [0.25, 0.3) is 16.7 Å². The second kappa shape index (κ2) is 11.0. The van der Waals surface area contributed by atoms with E-state index in [1.165, 1.54) is 11.8 Å². The molecule has 0 spiro atoms. The first-order valence-electron chi connectivity index (χ1n) is 11.2. The minimum Gasteiger partial charge on any atom is -0.493 e. The number of H-pyrrole nitrogens is 1. The highest BCUT2D eigenvalue weighted by Crippen LogP contribution is 2.28. The van der Waals surface area contributed by atoms with Crippen LogP contribution in [0.2, 0.25) is 5.02 Å². The van der Waals surface area contributed by atoms with Gasteiger partial charge in [0.1, 0.15) is 5.49 Å². The number of rotatable bonds is 9. The van der Waals surface area contributed by atoms with E-state index in [4.69, 9.17) is 26.5 Å². The molecule has 0 unspecified atom stereocenters. The first-order chi connectivity index (χ1) is 17.3. The summed E-state index contributed by atoms with van der Waals surface area (Å²) in [6.45, 7) is 4.26. The Morgan fingerprint density at radius 3 is 2.69 bits per heavy atom. The topological polar surface area (TPSA) is 118 Å². The number of halogens is 1. The zero-order valence-electron chi connectivity index (χ0n) is 20.4. The van der Waals surface area contributed by atoms with E-state index in [0.717, 1.165) is 22.5 Å². The van der Waals surface area contributed by atoms with Gasteiger partial charge in [0.2, 0.25) is 5.91 Å². The van der Waals surface area contributed by atoms with Crippen LogP contribution >= 0.6 is 23.4 Å². The number of aromatic amines is 1. The van der Waals surface area contributed by atoms with Gasteiger partial charge in [-0.2, -0.15) is 5.10 Å². The lowest BCUT2D eigenvalue weighted by Gasteiger charge is -2.16. The first-order valence-corrected chi connectivity index (χ1v) is 12.6. The van der Waals surface area contributed by atoms with Gasteiger partial charge in [-0.15, -0.1) is 0 Å². The third-order valence-electron chi connectivity index (χ3n) is 5.71. The molecule has 0 aliphatic rings. The first kappa shape index (κ1) is 25.6. The Morgan fingerprint density at radius 2 is 1.94 bits per heavy atom. The van der Waals surface area contributed by atoms with E-state index in [1.807, 2.05) is 38.1 Å². The van der Waals surface area contributed by atoms with E-state index in [0.29, 0.717) is 45.7 Å². The van der Waals surface area contributed by atoms with Crippen LogP contribution in [0.3, 0.4) is 0 Å². The van der Waals surface area contributed by atoms with Gasteiger partial charge in [0.25, 0.3) is 0 Å². The molecule has 9 nitrogen and oxygen atoms in total. The second-order valence-corrected chi connectivity index (χ2v) is 9.51. The molecule has 4 rings (SSSR count). The highest BCUT2D eigenvalue weighted by atomic mass is 35.5. The average Bonchev–Trinajstić information content (AvgIpc) is 3.25. The number of fused-ring (bicyclic) bond motifs is 1. The van der Waals surface area contributed by atoms with Crippen molar-refractivity contribution < 1.29 is 14.3 Å². The Balaban J connectivity index is 1.50. The standard InChI is InChI=1S/C25H27ClN6O3S/c1-14-5-7-17(26)12-18(14)32-23(27)22-15(2)30-31-24(22)29-25(32)36-13-21(33)28-10-9-16-6-8-19(34-3)20(11-16)35-4/h5-8,11-12,27H,9-10,13H2,1-4H3,(H,28,33)(H,30,31). The smallest absolute Gasteiger partial charge is 0.230 e. The van der Waals surface area contributed by atoms with Crippen molar-refractivity contribution in [2.45, 2.75) is 25.4 Å². The number of carbonyl (C=O) groups excluding carboxylic acids is 1. The number of nitrogens with zero attached hydrogens (tertiary/aromatic N) is 3. The summed E-state index contributed by atoms with van der Waals surface area (Å²) in [5.74, 6) is 1.31. The highest BCUT2D eigenvalue weighted by molar-refractivity contribution is 7.99. The maximum atomic E-state index is 12.6. The molecule has 11 heteroatoms. The van der Waals surface area contributed by atoms with Crippen molar-refractivity contribution in [2.75, 3.05) is 26.5 Å². The summed E-state index contributed by atoms with van der Waals surface area (Å²) in [7, 11) is 3.19. The normalized spacial score (nSPS) is 11.0. The van der Waals surface area contributed by atoms with Crippen molar-refractivity contribution in [3.05, 3.63) is 63.7 Å². The van der Waals surface area contributed by atoms with Crippen LogP contribution in [-0.4, -0.2) is 52.2 Å². The lowest BCUT2D eigenvalue weighted by atomic mass is 10.1. The number of benzene rings is 2. The van der Waals surface area contributed by atoms with Crippen molar-refractivity contribution in [3.63, 3.8) is 0 Å². The van der Waals surface area contributed by atoms with Crippen LogP contribution in [0, 0.1) is 19.3 Å². The minimum atomic E-state index is -0.138. The Morgan fingerprint density at radius 1 is 1.17 bits per heavy atom. The number of amides is 1. The number of methoxy groups -OCH3 is 2. The maximum absolute atomic E-state index is 12.6. The van der Waals surface area contributed by atoms with Gasteiger partial charge in [0.15, 0.2) is 22.3 Å². The van der Waals surface area contributed by atoms with Crippen LogP contribution in [-0.2, 0) is 11.2 Å². The molecule has 0 saturated heterocycles. The van der Waals surface area contributed by atoms with Crippen LogP contribution in [0.4, 0.5) is 0 Å². The van der Waals surface area contributed by atoms with E-state index in [9.17, 15) is 4.79 Å². The highest BCUT2D eigenvalue weighted by Gasteiger charge is 2.17. The minimum absolute atomic E-state index is 0.132. The molecule has 0 saturated carbocycles. The molecule has 0 atom stereocenters. The van der Waals surface area contributed by atoms with Crippen molar-refractivity contribution in [3.8, 4) is 17.2 Å².